The van der Waals surface area contributed by atoms with Gasteiger partial charge in [0.2, 0.25) is 0 Å². The first kappa shape index (κ1) is 76.8. The number of hydrogen-bond donors (Lipinski definition) is 2. The van der Waals surface area contributed by atoms with Crippen LogP contribution in [0.2, 0.25) is 0 Å². The summed E-state index contributed by atoms with van der Waals surface area (Å²) in [4.78, 5) is 94.5. The number of fused-ring (bicyclic) bond motifs is 20. The van der Waals surface area contributed by atoms with Crippen molar-refractivity contribution in [1.82, 2.24) is 39.9 Å². The Hall–Kier alpha value is -10.3. The van der Waals surface area contributed by atoms with Gasteiger partial charge in [0.15, 0.2) is 34.8 Å². The van der Waals surface area contributed by atoms with E-state index in [-0.39, 0.29) is 174 Å². The van der Waals surface area contributed by atoms with E-state index in [1.54, 1.807) is 40.6 Å². The maximum absolute atomic E-state index is 14.2. The summed E-state index contributed by atoms with van der Waals surface area (Å²) in [5, 5.41) is 2.37. The highest BCUT2D eigenvalue weighted by atomic mass is 16.6. The Kier molecular flexibility index (Phi) is 29.2. The van der Waals surface area contributed by atoms with Gasteiger partial charge in [-0.2, -0.15) is 0 Å². The summed E-state index contributed by atoms with van der Waals surface area (Å²) < 4.78 is 101. The van der Waals surface area contributed by atoms with E-state index in [2.05, 4.69) is 9.97 Å². The average molecular weight is 1460 g/mol. The van der Waals surface area contributed by atoms with Crippen LogP contribution in [-0.4, -0.2) is 251 Å². The molecule has 558 valence electrons. The van der Waals surface area contributed by atoms with Gasteiger partial charge in [0, 0.05) is 72.2 Å². The van der Waals surface area contributed by atoms with Crippen molar-refractivity contribution >= 4 is 68.0 Å². The van der Waals surface area contributed by atoms with Crippen molar-refractivity contribution in [1.29, 1.82) is 0 Å². The van der Waals surface area contributed by atoms with E-state index >= 15 is 0 Å². The number of carbonyl (C=O) groups excluding carboxylic acids is 4. The van der Waals surface area contributed by atoms with Crippen LogP contribution in [0.5, 0.6) is 23.0 Å². The lowest BCUT2D eigenvalue weighted by Crippen LogP contribution is -2.16. The van der Waals surface area contributed by atoms with Crippen LogP contribution in [0.15, 0.2) is 121 Å². The molecule has 0 radical (unpaired) electrons. The molecular formula is C76H82N8O22. The zero-order chi connectivity index (χ0) is 73.7. The second-order valence-electron chi connectivity index (χ2n) is 23.2. The van der Waals surface area contributed by atoms with Crippen molar-refractivity contribution in [2.75, 3.05) is 187 Å². The number of aromatic nitrogens is 8. The molecule has 2 aliphatic rings. The van der Waals surface area contributed by atoms with Crippen LogP contribution in [0.25, 0.3) is 89.7 Å². The number of esters is 4. The fourth-order valence-electron chi connectivity index (χ4n) is 10.8. The molecule has 8 bridgehead atoms. The molecule has 6 aromatic carbocycles. The molecule has 3 aromatic heterocycles. The number of benzene rings is 6. The van der Waals surface area contributed by atoms with Crippen LogP contribution < -0.4 is 9.47 Å². The molecule has 9 aromatic rings. The van der Waals surface area contributed by atoms with Gasteiger partial charge in [-0.25, -0.2) is 49.1 Å². The standard InChI is InChI=1S/C76H82N8O22/c1-89-17-21-93-25-29-97-33-37-101-73(85)49-41-50(74(86)102-38-34-98-30-26-94-22-18-90-2)44-53(43-49)105-63-47-61-62(48-64(63)106-54-45-51(75(87)103-39-35-99-31-27-95-23-19-91-3)42-52(46-54)76(88)104-40-36-100-32-28-96-24-20-92-4)72-83-70-60-16-10-8-14-58(60)68(81-70)79-66-56-12-6-5-11-55(56)65(77-66)78-67-57-13-7-9-15-59(57)69(80-67)82-71(61)84-72/h5-16,41-48H,17-40H2,1-4H3,(H2,77,78,79,80,81,82,83,84). The van der Waals surface area contributed by atoms with Crippen LogP contribution in [0, 0.1) is 0 Å². The quantitative estimate of drug-likeness (QED) is 0.0204. The summed E-state index contributed by atoms with van der Waals surface area (Å²) in [6, 6.07) is 34.2. The number of aromatic amines is 2. The van der Waals surface area contributed by atoms with Crippen molar-refractivity contribution in [2.45, 2.75) is 0 Å². The maximum Gasteiger partial charge on any atom is 0.338 e. The molecule has 2 N–H and O–H groups in total. The minimum Gasteiger partial charge on any atom is -0.460 e. The summed E-state index contributed by atoms with van der Waals surface area (Å²) in [6.45, 7) is 4.59. The highest BCUT2D eigenvalue weighted by Gasteiger charge is 2.26. The van der Waals surface area contributed by atoms with Gasteiger partial charge < -0.3 is 95.2 Å². The Labute approximate surface area is 609 Å². The number of methoxy groups -OCH3 is 4. The van der Waals surface area contributed by atoms with E-state index in [0.29, 0.717) is 109 Å². The molecule has 0 saturated carbocycles. The molecule has 0 fully saturated rings. The minimum atomic E-state index is -0.841. The maximum atomic E-state index is 14.2. The van der Waals surface area contributed by atoms with Crippen LogP contribution in [0.4, 0.5) is 0 Å². The molecule has 30 heteroatoms. The van der Waals surface area contributed by atoms with Crippen molar-refractivity contribution in [3.05, 3.63) is 144 Å². The first-order chi connectivity index (χ1) is 52.1. The van der Waals surface area contributed by atoms with Crippen molar-refractivity contribution in [2.24, 2.45) is 0 Å². The fraction of sp³-hybridized carbons (Fsp3) is 0.368. The largest absolute Gasteiger partial charge is 0.460 e. The molecular weight excluding hydrogens is 1380 g/mol. The summed E-state index contributed by atoms with van der Waals surface area (Å²) >= 11 is 0. The van der Waals surface area contributed by atoms with E-state index < -0.39 is 23.9 Å². The van der Waals surface area contributed by atoms with E-state index in [9.17, 15) is 19.2 Å². The highest BCUT2D eigenvalue weighted by Crippen LogP contribution is 2.43. The van der Waals surface area contributed by atoms with Gasteiger partial charge in [-0.05, 0) is 48.5 Å². The first-order valence-corrected chi connectivity index (χ1v) is 34.3. The second kappa shape index (κ2) is 40.2. The molecule has 0 aliphatic carbocycles. The van der Waals surface area contributed by atoms with E-state index in [0.717, 1.165) is 10.8 Å². The first-order valence-electron chi connectivity index (χ1n) is 34.3. The molecule has 2 aliphatic heterocycles. The smallest absolute Gasteiger partial charge is 0.338 e. The summed E-state index contributed by atoms with van der Waals surface area (Å²) in [7, 11) is 6.29. The number of ether oxygens (including phenoxy) is 18. The third kappa shape index (κ3) is 21.2. The molecule has 0 spiro atoms. The van der Waals surface area contributed by atoms with Gasteiger partial charge >= 0.3 is 23.9 Å². The minimum absolute atomic E-state index is 0.0192. The van der Waals surface area contributed by atoms with Crippen molar-refractivity contribution < 1.29 is 104 Å². The monoisotopic (exact) mass is 1460 g/mol. The topological polar surface area (TPSA) is 343 Å². The van der Waals surface area contributed by atoms with Crippen LogP contribution in [-0.2, 0) is 75.8 Å². The molecule has 5 heterocycles. The zero-order valence-corrected chi connectivity index (χ0v) is 59.2. The third-order valence-corrected chi connectivity index (χ3v) is 15.9. The Morgan fingerprint density at radius 2 is 0.509 bits per heavy atom. The van der Waals surface area contributed by atoms with E-state index in [1.165, 1.54) is 36.4 Å². The molecule has 0 atom stereocenters. The van der Waals surface area contributed by atoms with Crippen LogP contribution >= 0.6 is 0 Å². The molecule has 11 rings (SSSR count). The van der Waals surface area contributed by atoms with Crippen molar-refractivity contribution in [3.8, 4) is 68.5 Å². The lowest BCUT2D eigenvalue weighted by molar-refractivity contribution is 0.00516. The average Bonchev–Trinajstić information content (AvgIpc) is 1.63. The predicted molar refractivity (Wildman–Crippen MR) is 384 cm³/mol. The molecule has 30 nitrogen and oxygen atoms in total. The zero-order valence-electron chi connectivity index (χ0n) is 59.2. The summed E-state index contributed by atoms with van der Waals surface area (Å²) in [6.07, 6.45) is 0. The Morgan fingerprint density at radius 3 is 0.774 bits per heavy atom. The number of H-pyrrole nitrogens is 2. The van der Waals surface area contributed by atoms with E-state index in [1.807, 2.05) is 72.8 Å². The van der Waals surface area contributed by atoms with Gasteiger partial charge in [0.05, 0.1) is 154 Å². The van der Waals surface area contributed by atoms with Crippen LogP contribution in [0.3, 0.4) is 0 Å². The van der Waals surface area contributed by atoms with Crippen LogP contribution in [0.1, 0.15) is 41.4 Å². The van der Waals surface area contributed by atoms with E-state index in [4.69, 9.17) is 115 Å². The molecule has 0 unspecified atom stereocenters. The lowest BCUT2D eigenvalue weighted by atomic mass is 10.1. The van der Waals surface area contributed by atoms with Crippen molar-refractivity contribution in [3.63, 3.8) is 0 Å². The fourth-order valence-corrected chi connectivity index (χ4v) is 10.8. The molecule has 106 heavy (non-hydrogen) atoms. The number of carbonyl (C=O) groups is 4. The number of hydrogen-bond acceptors (Lipinski definition) is 28. The number of nitrogens with zero attached hydrogens (tertiary/aromatic N) is 6. The molecule has 0 saturated heterocycles. The third-order valence-electron chi connectivity index (χ3n) is 15.9. The Morgan fingerprint density at radius 1 is 0.274 bits per heavy atom. The Bertz CT molecular complexity index is 4240. The van der Waals surface area contributed by atoms with Gasteiger partial charge in [-0.1, -0.05) is 72.8 Å². The van der Waals surface area contributed by atoms with Gasteiger partial charge in [-0.3, -0.25) is 0 Å². The second-order valence-corrected chi connectivity index (χ2v) is 23.2. The Balaban J connectivity index is 1.04. The normalized spacial score (nSPS) is 11.6. The summed E-state index contributed by atoms with van der Waals surface area (Å²) in [5.41, 5.74) is 3.76. The summed E-state index contributed by atoms with van der Waals surface area (Å²) in [5.74, 6) is -2.36. The predicted octanol–water partition coefficient (Wildman–Crippen LogP) is 9.80. The lowest BCUT2D eigenvalue weighted by Gasteiger charge is -2.16. The van der Waals surface area contributed by atoms with Gasteiger partial charge in [0.1, 0.15) is 60.5 Å². The van der Waals surface area contributed by atoms with Gasteiger partial charge in [0.25, 0.3) is 0 Å². The van der Waals surface area contributed by atoms with Gasteiger partial charge in [-0.15, -0.1) is 0 Å². The SMILES string of the molecule is COCCOCCOCCOC(=O)c1cc(Oc2cc3c4nc5nc(nc6[nH]c(nc7nc(nc([nH]4)c3cc2Oc2cc(C(=O)OCCOCCOCCOC)cc(C(=O)OCCOCCOCCOC)c2)-c2ccccc2-7)c2ccccc62)-c2ccccc2-5)cc(C(=O)OCCOCCOCCOC)c1. The molecule has 0 amide bonds. The number of nitrogens with one attached hydrogen (secondary N) is 2. The number of rotatable bonds is 44. The highest BCUT2D eigenvalue weighted by molar-refractivity contribution is 6.08.